The van der Waals surface area contributed by atoms with Crippen molar-refractivity contribution in [2.75, 3.05) is 11.5 Å². The summed E-state index contributed by atoms with van der Waals surface area (Å²) in [6, 6.07) is 14.6. The number of nitrogens with zero attached hydrogens (tertiary/aromatic N) is 1. The van der Waals surface area contributed by atoms with E-state index in [-0.39, 0.29) is 17.8 Å². The fraction of sp³-hybridized carbons (Fsp3) is 0.235. The van der Waals surface area contributed by atoms with Crippen molar-refractivity contribution in [2.45, 2.75) is 12.1 Å². The van der Waals surface area contributed by atoms with E-state index < -0.39 is 18.6 Å². The summed E-state index contributed by atoms with van der Waals surface area (Å²) < 4.78 is 13.1. The Morgan fingerprint density at radius 1 is 1.09 bits per heavy atom. The van der Waals surface area contributed by atoms with Gasteiger partial charge in [0, 0.05) is 5.69 Å². The van der Waals surface area contributed by atoms with Gasteiger partial charge < -0.3 is 15.1 Å². The minimum atomic E-state index is -1.12. The first-order chi connectivity index (χ1) is 10.6. The van der Waals surface area contributed by atoms with Gasteiger partial charge in [-0.05, 0) is 29.8 Å². The van der Waals surface area contributed by atoms with Crippen molar-refractivity contribution in [1.29, 1.82) is 0 Å². The molecule has 0 unspecified atom stereocenters. The standard InChI is InChI=1S/C17H16FNO3/c18-12-6-8-13(9-7-12)19-16(11-4-2-1-3-5-11)15(17(19)22)14(21)10-20/h1-9,14-16,20-21H,10H2/t14-,15-,16+/m1/s1. The third-order valence-corrected chi connectivity index (χ3v) is 3.99. The van der Waals surface area contributed by atoms with E-state index in [0.717, 1.165) is 5.56 Å². The Bertz CT molecular complexity index is 659. The molecule has 1 fully saturated rings. The van der Waals surface area contributed by atoms with E-state index in [1.807, 2.05) is 30.3 Å². The van der Waals surface area contributed by atoms with Crippen molar-refractivity contribution in [3.8, 4) is 0 Å². The van der Waals surface area contributed by atoms with Crippen LogP contribution in [0.5, 0.6) is 0 Å². The lowest BCUT2D eigenvalue weighted by molar-refractivity contribution is -0.137. The molecular formula is C17H16FNO3. The van der Waals surface area contributed by atoms with Gasteiger partial charge in [0.2, 0.25) is 5.91 Å². The van der Waals surface area contributed by atoms with Crippen LogP contribution in [0.25, 0.3) is 0 Å². The number of rotatable bonds is 4. The minimum Gasteiger partial charge on any atom is -0.394 e. The second kappa shape index (κ2) is 5.87. The number of β-lactam (4-membered cyclic amide) rings is 1. The second-order valence-corrected chi connectivity index (χ2v) is 5.32. The highest BCUT2D eigenvalue weighted by molar-refractivity contribution is 6.03. The third kappa shape index (κ3) is 2.38. The molecule has 2 N–H and O–H groups in total. The summed E-state index contributed by atoms with van der Waals surface area (Å²) in [4.78, 5) is 13.9. The zero-order chi connectivity index (χ0) is 15.7. The second-order valence-electron chi connectivity index (χ2n) is 5.32. The monoisotopic (exact) mass is 301 g/mol. The van der Waals surface area contributed by atoms with Crippen LogP contribution < -0.4 is 4.90 Å². The predicted octanol–water partition coefficient (Wildman–Crippen LogP) is 1.88. The van der Waals surface area contributed by atoms with Crippen molar-refractivity contribution in [3.63, 3.8) is 0 Å². The first-order valence-electron chi connectivity index (χ1n) is 7.06. The average molecular weight is 301 g/mol. The van der Waals surface area contributed by atoms with Gasteiger partial charge in [0.05, 0.1) is 24.7 Å². The maximum absolute atomic E-state index is 13.1. The molecule has 1 amide bonds. The fourth-order valence-electron chi connectivity index (χ4n) is 2.90. The zero-order valence-corrected chi connectivity index (χ0v) is 11.8. The molecule has 3 atom stereocenters. The average Bonchev–Trinajstić information content (AvgIpc) is 2.55. The molecule has 0 aromatic heterocycles. The Balaban J connectivity index is 1.98. The highest BCUT2D eigenvalue weighted by Crippen LogP contribution is 2.44. The minimum absolute atomic E-state index is 0.276. The molecule has 114 valence electrons. The lowest BCUT2D eigenvalue weighted by Gasteiger charge is -2.49. The predicted molar refractivity (Wildman–Crippen MR) is 79.7 cm³/mol. The number of halogens is 1. The third-order valence-electron chi connectivity index (χ3n) is 3.99. The quantitative estimate of drug-likeness (QED) is 0.848. The van der Waals surface area contributed by atoms with Gasteiger partial charge in [-0.25, -0.2) is 4.39 Å². The number of amides is 1. The van der Waals surface area contributed by atoms with Crippen molar-refractivity contribution >= 4 is 11.6 Å². The van der Waals surface area contributed by atoms with Gasteiger partial charge in [0.15, 0.2) is 0 Å². The van der Waals surface area contributed by atoms with E-state index in [2.05, 4.69) is 0 Å². The maximum Gasteiger partial charge on any atom is 0.235 e. The zero-order valence-electron chi connectivity index (χ0n) is 11.8. The van der Waals surface area contributed by atoms with E-state index in [1.165, 1.54) is 29.2 Å². The molecule has 4 nitrogen and oxygen atoms in total. The Morgan fingerprint density at radius 2 is 1.73 bits per heavy atom. The molecule has 0 spiro atoms. The molecule has 0 bridgehead atoms. The van der Waals surface area contributed by atoms with Gasteiger partial charge in [0.1, 0.15) is 5.82 Å². The number of hydrogen-bond acceptors (Lipinski definition) is 3. The van der Waals surface area contributed by atoms with Gasteiger partial charge >= 0.3 is 0 Å². The molecule has 2 aromatic rings. The highest BCUT2D eigenvalue weighted by Gasteiger charge is 2.52. The van der Waals surface area contributed by atoms with Crippen LogP contribution in [0.2, 0.25) is 0 Å². The van der Waals surface area contributed by atoms with Crippen LogP contribution in [-0.2, 0) is 4.79 Å². The number of aliphatic hydroxyl groups excluding tert-OH is 2. The van der Waals surface area contributed by atoms with Crippen LogP contribution >= 0.6 is 0 Å². The molecular weight excluding hydrogens is 285 g/mol. The number of hydrogen-bond donors (Lipinski definition) is 2. The molecule has 1 aliphatic heterocycles. The van der Waals surface area contributed by atoms with Crippen LogP contribution in [-0.4, -0.2) is 28.8 Å². The van der Waals surface area contributed by atoms with Crippen LogP contribution in [0.3, 0.4) is 0 Å². The van der Waals surface area contributed by atoms with E-state index in [1.54, 1.807) is 0 Å². The summed E-state index contributed by atoms with van der Waals surface area (Å²) in [6.45, 7) is -0.475. The Kier molecular flexibility index (Phi) is 3.92. The molecule has 0 saturated carbocycles. The summed E-state index contributed by atoms with van der Waals surface area (Å²) >= 11 is 0. The van der Waals surface area contributed by atoms with Gasteiger partial charge in [-0.3, -0.25) is 4.79 Å². The van der Waals surface area contributed by atoms with E-state index >= 15 is 0 Å². The number of carbonyl (C=O) groups excluding carboxylic acids is 1. The number of anilines is 1. The molecule has 1 heterocycles. The van der Waals surface area contributed by atoms with Crippen LogP contribution in [0.15, 0.2) is 54.6 Å². The molecule has 3 rings (SSSR count). The SMILES string of the molecule is O=C1[C@H]([C@H](O)CO)[C@H](c2ccccc2)N1c1ccc(F)cc1. The first-order valence-corrected chi connectivity index (χ1v) is 7.06. The summed E-state index contributed by atoms with van der Waals surface area (Å²) in [5.74, 6) is -1.35. The van der Waals surface area contributed by atoms with E-state index in [4.69, 9.17) is 0 Å². The molecule has 1 saturated heterocycles. The largest absolute Gasteiger partial charge is 0.394 e. The molecule has 1 aliphatic rings. The normalized spacial score (nSPS) is 22.3. The van der Waals surface area contributed by atoms with E-state index in [9.17, 15) is 19.4 Å². The number of carbonyl (C=O) groups is 1. The maximum atomic E-state index is 13.1. The highest BCUT2D eigenvalue weighted by atomic mass is 19.1. The molecule has 0 aliphatic carbocycles. The van der Waals surface area contributed by atoms with Crippen molar-refractivity contribution in [1.82, 2.24) is 0 Å². The number of benzene rings is 2. The first kappa shape index (κ1) is 14.7. The Hall–Kier alpha value is -2.24. The van der Waals surface area contributed by atoms with Gasteiger partial charge in [-0.1, -0.05) is 30.3 Å². The van der Waals surface area contributed by atoms with E-state index in [0.29, 0.717) is 5.69 Å². The summed E-state index contributed by atoms with van der Waals surface area (Å²) in [6.07, 6.45) is -1.12. The molecule has 2 aromatic carbocycles. The summed E-state index contributed by atoms with van der Waals surface area (Å²) in [5, 5.41) is 19.1. The fourth-order valence-corrected chi connectivity index (χ4v) is 2.90. The molecule has 0 radical (unpaired) electrons. The summed E-state index contributed by atoms with van der Waals surface area (Å²) in [7, 11) is 0. The Labute approximate surface area is 127 Å². The topological polar surface area (TPSA) is 60.8 Å². The molecule has 5 heteroatoms. The van der Waals surface area contributed by atoms with Crippen molar-refractivity contribution in [2.24, 2.45) is 5.92 Å². The van der Waals surface area contributed by atoms with Crippen LogP contribution in [0.1, 0.15) is 11.6 Å². The Morgan fingerprint density at radius 3 is 2.32 bits per heavy atom. The smallest absolute Gasteiger partial charge is 0.235 e. The van der Waals surface area contributed by atoms with Crippen LogP contribution in [0, 0.1) is 11.7 Å². The lowest BCUT2D eigenvalue weighted by atomic mass is 9.78. The molecule has 22 heavy (non-hydrogen) atoms. The van der Waals surface area contributed by atoms with Gasteiger partial charge in [0.25, 0.3) is 0 Å². The number of aliphatic hydroxyl groups is 2. The van der Waals surface area contributed by atoms with Crippen LogP contribution in [0.4, 0.5) is 10.1 Å². The van der Waals surface area contributed by atoms with Gasteiger partial charge in [-0.2, -0.15) is 0 Å². The lowest BCUT2D eigenvalue weighted by Crippen LogP contribution is -2.60. The van der Waals surface area contributed by atoms with Crippen molar-refractivity contribution in [3.05, 3.63) is 66.0 Å². The van der Waals surface area contributed by atoms with Gasteiger partial charge in [-0.15, -0.1) is 0 Å². The summed E-state index contributed by atoms with van der Waals surface area (Å²) in [5.41, 5.74) is 1.44. The van der Waals surface area contributed by atoms with Crippen molar-refractivity contribution < 1.29 is 19.4 Å².